The van der Waals surface area contributed by atoms with Gasteiger partial charge in [0.1, 0.15) is 6.10 Å². The molecule has 0 bridgehead atoms. The zero-order chi connectivity index (χ0) is 33.2. The van der Waals surface area contributed by atoms with Gasteiger partial charge in [-0.05, 0) is 146 Å². The van der Waals surface area contributed by atoms with Crippen LogP contribution in [0.25, 0.3) is 6.08 Å². The summed E-state index contributed by atoms with van der Waals surface area (Å²) in [6.45, 7) is 16.4. The number of rotatable bonds is 11. The molecule has 0 aliphatic heterocycles. The van der Waals surface area contributed by atoms with Crippen molar-refractivity contribution in [3.05, 3.63) is 29.8 Å². The third-order valence-corrected chi connectivity index (χ3v) is 14.0. The van der Waals surface area contributed by atoms with Gasteiger partial charge < -0.3 is 14.2 Å². The lowest BCUT2D eigenvalue weighted by Crippen LogP contribution is -2.54. The number of methoxy groups -OCH3 is 1. The summed E-state index contributed by atoms with van der Waals surface area (Å²) in [6.07, 6.45) is 18.9. The molecule has 1 aromatic carbocycles. The van der Waals surface area contributed by atoms with Crippen LogP contribution in [0.3, 0.4) is 0 Å². The summed E-state index contributed by atoms with van der Waals surface area (Å²) < 4.78 is 16.6. The van der Waals surface area contributed by atoms with Crippen LogP contribution in [0.4, 0.5) is 0 Å². The Bertz CT molecular complexity index is 1250. The van der Waals surface area contributed by atoms with Crippen LogP contribution in [0.15, 0.2) is 24.3 Å². The normalized spacial score (nSPS) is 35.2. The fourth-order valence-corrected chi connectivity index (χ4v) is 11.4. The monoisotopic (exact) mass is 634 g/mol. The summed E-state index contributed by atoms with van der Waals surface area (Å²) in [5.74, 6) is 6.77. The molecular weight excluding hydrogens is 572 g/mol. The standard InChI is InChI=1S/C41H62O5/c1-9-30(26(2)3)13-10-27(4)34-16-17-35-33-15-14-31-25-32(20-22-40(31,6)36(33)21-23-41(34,35)7)46-39(43)19-12-29-11-18-37(45-28(5)42)38(24-29)44-8/h11-12,18-19,24,26-27,30-36H,9-10,13-17,20-23,25H2,1-8H3/b19-12+/t27-,30-,31?,32+,33+,34-,35+,36+,40+,41-/m1/s1. The van der Waals surface area contributed by atoms with Crippen molar-refractivity contribution >= 4 is 18.0 Å². The summed E-state index contributed by atoms with van der Waals surface area (Å²) in [6, 6.07) is 5.23. The second-order valence-corrected chi connectivity index (χ2v) is 16.5. The van der Waals surface area contributed by atoms with Crippen molar-refractivity contribution in [3.63, 3.8) is 0 Å². The average molecular weight is 635 g/mol. The summed E-state index contributed by atoms with van der Waals surface area (Å²) in [5.41, 5.74) is 1.68. The van der Waals surface area contributed by atoms with Crippen LogP contribution in [0.2, 0.25) is 0 Å². The van der Waals surface area contributed by atoms with E-state index in [-0.39, 0.29) is 12.1 Å². The molecule has 5 rings (SSSR count). The van der Waals surface area contributed by atoms with Crippen LogP contribution in [-0.4, -0.2) is 25.2 Å². The van der Waals surface area contributed by atoms with E-state index in [9.17, 15) is 9.59 Å². The largest absolute Gasteiger partial charge is 0.493 e. The number of carbonyl (C=O) groups excluding carboxylic acids is 2. The highest BCUT2D eigenvalue weighted by molar-refractivity contribution is 5.87. The summed E-state index contributed by atoms with van der Waals surface area (Å²) in [5, 5.41) is 0. The Labute approximate surface area is 279 Å². The maximum atomic E-state index is 12.9. The minimum atomic E-state index is -0.404. The summed E-state index contributed by atoms with van der Waals surface area (Å²) in [7, 11) is 1.53. The van der Waals surface area contributed by atoms with E-state index >= 15 is 0 Å². The Kier molecular flexibility index (Phi) is 11.0. The molecule has 4 aliphatic rings. The van der Waals surface area contributed by atoms with E-state index in [1.165, 1.54) is 84.3 Å². The van der Waals surface area contributed by atoms with E-state index in [1.54, 1.807) is 24.3 Å². The molecule has 256 valence electrons. The number of ether oxygens (including phenoxy) is 3. The van der Waals surface area contributed by atoms with Gasteiger partial charge >= 0.3 is 11.9 Å². The Hall–Kier alpha value is -2.30. The number of hydrogen-bond acceptors (Lipinski definition) is 5. The first kappa shape index (κ1) is 35.0. The molecular formula is C41H62O5. The van der Waals surface area contributed by atoms with Crippen molar-refractivity contribution in [2.75, 3.05) is 7.11 Å². The lowest BCUT2D eigenvalue weighted by Gasteiger charge is -2.61. The quantitative estimate of drug-likeness (QED) is 0.138. The van der Waals surface area contributed by atoms with Gasteiger partial charge in [-0.15, -0.1) is 0 Å². The minimum Gasteiger partial charge on any atom is -0.493 e. The number of esters is 2. The van der Waals surface area contributed by atoms with E-state index in [4.69, 9.17) is 14.2 Å². The van der Waals surface area contributed by atoms with Gasteiger partial charge in [0.15, 0.2) is 11.5 Å². The Morgan fingerprint density at radius 1 is 0.935 bits per heavy atom. The first-order valence-electron chi connectivity index (χ1n) is 18.6. The Morgan fingerprint density at radius 3 is 2.37 bits per heavy atom. The molecule has 4 fully saturated rings. The first-order chi connectivity index (χ1) is 21.9. The predicted octanol–water partition coefficient (Wildman–Crippen LogP) is 10.3. The zero-order valence-electron chi connectivity index (χ0n) is 30.1. The van der Waals surface area contributed by atoms with Crippen molar-refractivity contribution in [1.29, 1.82) is 0 Å². The summed E-state index contributed by atoms with van der Waals surface area (Å²) in [4.78, 5) is 24.2. The molecule has 5 nitrogen and oxygen atoms in total. The van der Waals surface area contributed by atoms with Crippen molar-refractivity contribution in [2.45, 2.75) is 132 Å². The highest BCUT2D eigenvalue weighted by atomic mass is 16.6. The van der Waals surface area contributed by atoms with Gasteiger partial charge in [-0.3, -0.25) is 4.79 Å². The lowest BCUT2D eigenvalue weighted by atomic mass is 9.44. The molecule has 0 N–H and O–H groups in total. The maximum Gasteiger partial charge on any atom is 0.331 e. The van der Waals surface area contributed by atoms with E-state index in [0.29, 0.717) is 28.2 Å². The van der Waals surface area contributed by atoms with Crippen molar-refractivity contribution < 1.29 is 23.8 Å². The van der Waals surface area contributed by atoms with Crippen LogP contribution in [0.1, 0.15) is 131 Å². The number of hydrogen-bond donors (Lipinski definition) is 0. The molecule has 10 atom stereocenters. The smallest absolute Gasteiger partial charge is 0.331 e. The van der Waals surface area contributed by atoms with E-state index < -0.39 is 5.97 Å². The minimum absolute atomic E-state index is 0.00370. The molecule has 0 spiro atoms. The van der Waals surface area contributed by atoms with Crippen molar-refractivity contribution in [1.82, 2.24) is 0 Å². The topological polar surface area (TPSA) is 61.8 Å². The fourth-order valence-electron chi connectivity index (χ4n) is 11.4. The number of benzene rings is 1. The van der Waals surface area contributed by atoms with Crippen LogP contribution >= 0.6 is 0 Å². The average Bonchev–Trinajstić information content (AvgIpc) is 3.38. The van der Waals surface area contributed by atoms with Gasteiger partial charge in [-0.25, -0.2) is 4.79 Å². The molecule has 0 aromatic heterocycles. The van der Waals surface area contributed by atoms with E-state index in [0.717, 1.165) is 59.8 Å². The van der Waals surface area contributed by atoms with Crippen molar-refractivity contribution in [3.8, 4) is 11.5 Å². The van der Waals surface area contributed by atoms with Gasteiger partial charge in [0, 0.05) is 13.0 Å². The second kappa shape index (κ2) is 14.4. The van der Waals surface area contributed by atoms with Gasteiger partial charge in [0.2, 0.25) is 0 Å². The highest BCUT2D eigenvalue weighted by Crippen LogP contribution is 2.68. The fraction of sp³-hybridized carbons (Fsp3) is 0.756. The molecule has 0 amide bonds. The Balaban J connectivity index is 1.16. The predicted molar refractivity (Wildman–Crippen MR) is 185 cm³/mol. The van der Waals surface area contributed by atoms with Gasteiger partial charge in [0.25, 0.3) is 0 Å². The molecule has 1 unspecified atom stereocenters. The molecule has 46 heavy (non-hydrogen) atoms. The van der Waals surface area contributed by atoms with E-state index in [2.05, 4.69) is 41.5 Å². The van der Waals surface area contributed by atoms with Crippen molar-refractivity contribution in [2.24, 2.45) is 58.2 Å². The second-order valence-electron chi connectivity index (χ2n) is 16.5. The number of carbonyl (C=O) groups is 2. The molecule has 4 saturated carbocycles. The zero-order valence-corrected chi connectivity index (χ0v) is 30.1. The SMILES string of the molecule is CC[C@H](CC[C@@H](C)[C@H]1CC[C@H]2[C@@H]3CCC4C[C@@H](OC(=O)/C=C/c5ccc(OC(C)=O)c(OC)c5)CC[C@]4(C)[C@H]3CC[C@]12C)C(C)C. The summed E-state index contributed by atoms with van der Waals surface area (Å²) >= 11 is 0. The van der Waals surface area contributed by atoms with Crippen LogP contribution in [0, 0.1) is 58.2 Å². The van der Waals surface area contributed by atoms with Gasteiger partial charge in [-0.2, -0.15) is 0 Å². The molecule has 1 aromatic rings. The molecule has 4 aliphatic carbocycles. The molecule has 5 heteroatoms. The van der Waals surface area contributed by atoms with Crippen LogP contribution < -0.4 is 9.47 Å². The van der Waals surface area contributed by atoms with Gasteiger partial charge in [-0.1, -0.05) is 60.5 Å². The molecule has 0 heterocycles. The Morgan fingerprint density at radius 2 is 1.67 bits per heavy atom. The lowest BCUT2D eigenvalue weighted by molar-refractivity contribution is -0.158. The first-order valence-corrected chi connectivity index (χ1v) is 18.6. The third kappa shape index (κ3) is 7.09. The van der Waals surface area contributed by atoms with Gasteiger partial charge in [0.05, 0.1) is 7.11 Å². The number of fused-ring (bicyclic) bond motifs is 5. The third-order valence-electron chi connectivity index (χ3n) is 14.0. The van der Waals surface area contributed by atoms with Crippen LogP contribution in [-0.2, 0) is 14.3 Å². The van der Waals surface area contributed by atoms with Crippen LogP contribution in [0.5, 0.6) is 11.5 Å². The van der Waals surface area contributed by atoms with E-state index in [1.807, 2.05) is 0 Å². The highest BCUT2D eigenvalue weighted by Gasteiger charge is 2.60. The molecule has 0 saturated heterocycles. The molecule has 0 radical (unpaired) electrons. The maximum absolute atomic E-state index is 12.9.